The summed E-state index contributed by atoms with van der Waals surface area (Å²) in [6.07, 6.45) is -2.69. The molecular weight excluding hydrogens is 473 g/mol. The topological polar surface area (TPSA) is 86.3 Å². The number of Topliss-reactive ketones (excluding diaryl/α,β-unsaturated/α-hetero) is 1. The molecule has 1 heterocycles. The molecule has 1 saturated heterocycles. The average Bonchev–Trinajstić information content (AvgIpc) is 2.81. The highest BCUT2D eigenvalue weighted by Crippen LogP contribution is 2.28. The number of hydrogen-bond donors (Lipinski definition) is 1. The number of carbonyl (C=O) groups excluding carboxylic acids is 3. The predicted octanol–water partition coefficient (Wildman–Crippen LogP) is 3.95. The Morgan fingerprint density at radius 2 is 1.61 bits per heavy atom. The first-order valence-electron chi connectivity index (χ1n) is 11.9. The first kappa shape index (κ1) is 29.0. The van der Waals surface area contributed by atoms with Crippen LogP contribution < -0.4 is 10.4 Å². The number of likely N-dealkylation sites (tertiary alicyclic amines) is 1. The number of nitrogens with zero attached hydrogens (tertiary/aromatic N) is 1. The number of aryl methyl sites for hydroxylation is 2. The van der Waals surface area contributed by atoms with Crippen molar-refractivity contribution in [3.05, 3.63) is 65.2 Å². The maximum atomic E-state index is 13.1. The van der Waals surface area contributed by atoms with E-state index in [2.05, 4.69) is 17.4 Å². The number of carbonyl (C=O) groups is 3. The van der Waals surface area contributed by atoms with Gasteiger partial charge < -0.3 is 19.7 Å². The fourth-order valence-corrected chi connectivity index (χ4v) is 4.68. The summed E-state index contributed by atoms with van der Waals surface area (Å²) in [5.74, 6) is -2.59. The van der Waals surface area contributed by atoms with Crippen molar-refractivity contribution >= 4 is 23.3 Å². The molecule has 1 amide bonds. The van der Waals surface area contributed by atoms with Gasteiger partial charge in [0.25, 0.3) is 5.91 Å². The standard InChI is InChI=1S/C25H32N2O2.C2HF3O2/c1-4-23(28)22-14-9-15-27(17-22,16-21-12-6-5-7-13-21)18-24(29)26-25-19(2)10-8-11-20(25)3;3-2(4,5)1(6)7/h5-8,10-13,22H,4,9,14-18H2,1-3H3;(H,6,7). The highest BCUT2D eigenvalue weighted by molar-refractivity contribution is 5.93. The summed E-state index contributed by atoms with van der Waals surface area (Å²) in [6, 6.07) is 16.4. The number of hydrogen-bond acceptors (Lipinski definition) is 4. The Kier molecular flexibility index (Phi) is 10.2. The Balaban J connectivity index is 0.000000572. The molecule has 6 nitrogen and oxygen atoms in total. The molecule has 2 unspecified atom stereocenters. The maximum Gasteiger partial charge on any atom is 0.430 e. The van der Waals surface area contributed by atoms with E-state index in [9.17, 15) is 22.8 Å². The van der Waals surface area contributed by atoms with Crippen LogP contribution in [-0.2, 0) is 20.9 Å². The van der Waals surface area contributed by atoms with Crippen molar-refractivity contribution in [3.63, 3.8) is 0 Å². The number of amides is 1. The third-order valence-corrected chi connectivity index (χ3v) is 6.41. The normalized spacial score (nSPS) is 19.6. The Bertz CT molecular complexity index is 1040. The lowest BCUT2D eigenvalue weighted by Gasteiger charge is -2.43. The Labute approximate surface area is 209 Å². The van der Waals surface area contributed by atoms with Crippen molar-refractivity contribution in [2.24, 2.45) is 5.92 Å². The summed E-state index contributed by atoms with van der Waals surface area (Å²) in [5.41, 5.74) is 4.28. The summed E-state index contributed by atoms with van der Waals surface area (Å²) < 4.78 is 32.2. The highest BCUT2D eigenvalue weighted by Gasteiger charge is 2.39. The van der Waals surface area contributed by atoms with Gasteiger partial charge in [0, 0.05) is 17.7 Å². The quantitative estimate of drug-likeness (QED) is 0.577. The summed E-state index contributed by atoms with van der Waals surface area (Å²) >= 11 is 0. The predicted molar refractivity (Wildman–Crippen MR) is 129 cm³/mol. The molecule has 1 fully saturated rings. The molecule has 2 aromatic rings. The number of piperidine rings is 1. The Hall–Kier alpha value is -3.20. The van der Waals surface area contributed by atoms with Gasteiger partial charge in [-0.25, -0.2) is 0 Å². The molecule has 0 aliphatic carbocycles. The van der Waals surface area contributed by atoms with E-state index in [0.717, 1.165) is 49.3 Å². The second kappa shape index (κ2) is 12.7. The van der Waals surface area contributed by atoms with Gasteiger partial charge in [-0.1, -0.05) is 55.5 Å². The van der Waals surface area contributed by atoms with Gasteiger partial charge in [0.2, 0.25) is 0 Å². The molecule has 1 N–H and O–H groups in total. The molecule has 9 heteroatoms. The molecule has 3 rings (SSSR count). The maximum absolute atomic E-state index is 13.1. The molecule has 2 atom stereocenters. The van der Waals surface area contributed by atoms with Crippen LogP contribution in [0.15, 0.2) is 48.5 Å². The van der Waals surface area contributed by atoms with E-state index in [1.54, 1.807) is 0 Å². The summed E-state index contributed by atoms with van der Waals surface area (Å²) in [5, 5.41) is 11.9. The van der Waals surface area contributed by atoms with Crippen LogP contribution in [-0.4, -0.2) is 48.0 Å². The largest absolute Gasteiger partial charge is 0.542 e. The summed E-state index contributed by atoms with van der Waals surface area (Å²) in [7, 11) is 0. The summed E-state index contributed by atoms with van der Waals surface area (Å²) in [6.45, 7) is 8.85. The molecule has 0 saturated carbocycles. The number of rotatable bonds is 7. The third-order valence-electron chi connectivity index (χ3n) is 6.41. The van der Waals surface area contributed by atoms with Crippen molar-refractivity contribution in [2.45, 2.75) is 52.8 Å². The second-order valence-electron chi connectivity index (χ2n) is 9.31. The zero-order chi connectivity index (χ0) is 26.9. The van der Waals surface area contributed by atoms with Gasteiger partial charge in [0.15, 0.2) is 6.54 Å². The summed E-state index contributed by atoms with van der Waals surface area (Å²) in [4.78, 5) is 34.4. The second-order valence-corrected chi connectivity index (χ2v) is 9.31. The number of anilines is 1. The minimum absolute atomic E-state index is 0.0305. The van der Waals surface area contributed by atoms with Crippen molar-refractivity contribution in [3.8, 4) is 0 Å². The lowest BCUT2D eigenvalue weighted by atomic mass is 9.90. The average molecular weight is 507 g/mol. The fraction of sp³-hybridized carbons (Fsp3) is 0.444. The molecule has 0 bridgehead atoms. The van der Waals surface area contributed by atoms with E-state index in [0.29, 0.717) is 23.2 Å². The Morgan fingerprint density at radius 3 is 2.14 bits per heavy atom. The number of carboxylic acid groups (broad SMARTS) is 1. The smallest absolute Gasteiger partial charge is 0.430 e. The molecule has 36 heavy (non-hydrogen) atoms. The molecule has 0 radical (unpaired) electrons. The zero-order valence-corrected chi connectivity index (χ0v) is 20.9. The molecule has 1 aliphatic heterocycles. The number of para-hydroxylation sites is 1. The van der Waals surface area contributed by atoms with Crippen LogP contribution in [0.25, 0.3) is 0 Å². The first-order chi connectivity index (χ1) is 16.9. The minimum Gasteiger partial charge on any atom is -0.542 e. The van der Waals surface area contributed by atoms with Gasteiger partial charge in [0.05, 0.1) is 19.0 Å². The number of aliphatic carboxylic acids is 1. The van der Waals surface area contributed by atoms with E-state index in [1.165, 1.54) is 5.56 Å². The van der Waals surface area contributed by atoms with E-state index in [1.807, 2.05) is 57.2 Å². The van der Waals surface area contributed by atoms with Crippen molar-refractivity contribution in [1.82, 2.24) is 0 Å². The molecule has 2 aromatic carbocycles. The third kappa shape index (κ3) is 8.48. The van der Waals surface area contributed by atoms with Crippen LogP contribution in [0.3, 0.4) is 0 Å². The molecule has 1 aliphatic rings. The van der Waals surface area contributed by atoms with E-state index in [-0.39, 0.29) is 11.8 Å². The van der Waals surface area contributed by atoms with Crippen LogP contribution in [0.2, 0.25) is 0 Å². The van der Waals surface area contributed by atoms with Gasteiger partial charge in [-0.15, -0.1) is 0 Å². The zero-order valence-electron chi connectivity index (χ0n) is 20.9. The molecule has 196 valence electrons. The number of benzene rings is 2. The number of nitrogens with one attached hydrogen (secondary N) is 1. The molecule has 0 spiro atoms. The number of alkyl halides is 3. The van der Waals surface area contributed by atoms with Crippen molar-refractivity contribution in [2.75, 3.05) is 25.0 Å². The van der Waals surface area contributed by atoms with Crippen LogP contribution in [0.4, 0.5) is 18.9 Å². The van der Waals surface area contributed by atoms with E-state index >= 15 is 0 Å². The van der Waals surface area contributed by atoms with Gasteiger partial charge in [-0.3, -0.25) is 9.59 Å². The van der Waals surface area contributed by atoms with Crippen LogP contribution in [0.1, 0.15) is 42.9 Å². The van der Waals surface area contributed by atoms with Crippen LogP contribution >= 0.6 is 0 Å². The number of ketones is 1. The van der Waals surface area contributed by atoms with E-state index in [4.69, 9.17) is 9.90 Å². The molecule has 0 aromatic heterocycles. The van der Waals surface area contributed by atoms with E-state index < -0.39 is 12.1 Å². The van der Waals surface area contributed by atoms with Crippen LogP contribution in [0, 0.1) is 19.8 Å². The lowest BCUT2D eigenvalue weighted by Crippen LogP contribution is -2.57. The number of quaternary nitrogens is 1. The highest BCUT2D eigenvalue weighted by atomic mass is 19.4. The Morgan fingerprint density at radius 1 is 1.03 bits per heavy atom. The monoisotopic (exact) mass is 506 g/mol. The number of halogens is 3. The van der Waals surface area contributed by atoms with Gasteiger partial charge in [0.1, 0.15) is 18.3 Å². The van der Waals surface area contributed by atoms with Gasteiger partial charge in [-0.05, 0) is 37.8 Å². The first-order valence-corrected chi connectivity index (χ1v) is 11.9. The van der Waals surface area contributed by atoms with Crippen LogP contribution in [0.5, 0.6) is 0 Å². The fourth-order valence-electron chi connectivity index (χ4n) is 4.68. The SMILES string of the molecule is CCC(=O)C1CCC[N+](CC(=O)Nc2c(C)cccc2C)(Cc2ccccc2)C1.O=C([O-])C(F)(F)F. The van der Waals surface area contributed by atoms with Gasteiger partial charge in [-0.2, -0.15) is 13.2 Å². The minimum atomic E-state index is -5.19. The lowest BCUT2D eigenvalue weighted by molar-refractivity contribution is -0.940. The van der Waals surface area contributed by atoms with Crippen molar-refractivity contribution < 1.29 is 37.1 Å². The number of carboxylic acids is 1. The molecular formula is C27H33F3N2O4. The van der Waals surface area contributed by atoms with Crippen molar-refractivity contribution in [1.29, 1.82) is 0 Å². The van der Waals surface area contributed by atoms with Gasteiger partial charge >= 0.3 is 6.18 Å².